The summed E-state index contributed by atoms with van der Waals surface area (Å²) in [6.45, 7) is 2.87. The Bertz CT molecular complexity index is 627. The third-order valence-electron chi connectivity index (χ3n) is 3.49. The summed E-state index contributed by atoms with van der Waals surface area (Å²) in [5.74, 6) is 1.60. The van der Waals surface area contributed by atoms with Gasteiger partial charge in [-0.2, -0.15) is 0 Å². The first-order valence-corrected chi connectivity index (χ1v) is 7.70. The lowest BCUT2D eigenvalue weighted by molar-refractivity contribution is 0.912. The number of hydrogen-bond acceptors (Lipinski definition) is 4. The van der Waals surface area contributed by atoms with Crippen LogP contribution < -0.4 is 10.6 Å². The summed E-state index contributed by atoms with van der Waals surface area (Å²) >= 11 is 3.55. The van der Waals surface area contributed by atoms with Crippen molar-refractivity contribution in [2.45, 2.75) is 26.2 Å². The van der Waals surface area contributed by atoms with Gasteiger partial charge in [0, 0.05) is 12.2 Å². The second-order valence-electron chi connectivity index (χ2n) is 4.88. The van der Waals surface area contributed by atoms with Crippen molar-refractivity contribution in [1.29, 1.82) is 0 Å². The molecule has 4 nitrogen and oxygen atoms in total. The summed E-state index contributed by atoms with van der Waals surface area (Å²) in [4.78, 5) is 8.52. The molecular formula is C15H17BrN4. The first-order chi connectivity index (χ1) is 9.78. The van der Waals surface area contributed by atoms with E-state index in [1.165, 1.54) is 30.4 Å². The SMILES string of the molecule is CCNc1ncnc(Nc2ccc3c(c2)CCC3)c1Br. The second kappa shape index (κ2) is 5.79. The van der Waals surface area contributed by atoms with E-state index in [2.05, 4.69) is 54.7 Å². The number of anilines is 3. The van der Waals surface area contributed by atoms with Crippen LogP contribution in [0.25, 0.3) is 0 Å². The fraction of sp³-hybridized carbons (Fsp3) is 0.333. The lowest BCUT2D eigenvalue weighted by Crippen LogP contribution is -2.04. The Kier molecular flexibility index (Phi) is 3.87. The Hall–Kier alpha value is -1.62. The summed E-state index contributed by atoms with van der Waals surface area (Å²) in [5, 5.41) is 6.57. The molecule has 1 aliphatic carbocycles. The molecular weight excluding hydrogens is 316 g/mol. The monoisotopic (exact) mass is 332 g/mol. The van der Waals surface area contributed by atoms with Crippen LogP contribution in [-0.4, -0.2) is 16.5 Å². The third-order valence-corrected chi connectivity index (χ3v) is 4.25. The molecule has 20 heavy (non-hydrogen) atoms. The fourth-order valence-corrected chi connectivity index (χ4v) is 2.98. The average molecular weight is 333 g/mol. The standard InChI is InChI=1S/C15H17BrN4/c1-2-17-14-13(16)15(19-9-18-14)20-12-7-6-10-4-3-5-11(10)8-12/h6-9H,2-5H2,1H3,(H2,17,18,19,20). The molecule has 1 aromatic carbocycles. The Labute approximate surface area is 127 Å². The lowest BCUT2D eigenvalue weighted by Gasteiger charge is -2.11. The molecule has 0 spiro atoms. The van der Waals surface area contributed by atoms with Gasteiger partial charge >= 0.3 is 0 Å². The van der Waals surface area contributed by atoms with Gasteiger partial charge in [-0.15, -0.1) is 0 Å². The van der Waals surface area contributed by atoms with E-state index in [9.17, 15) is 0 Å². The van der Waals surface area contributed by atoms with E-state index in [0.717, 1.165) is 28.3 Å². The molecule has 0 radical (unpaired) electrons. The van der Waals surface area contributed by atoms with Gasteiger partial charge < -0.3 is 10.6 Å². The van der Waals surface area contributed by atoms with Gasteiger partial charge in [0.2, 0.25) is 0 Å². The van der Waals surface area contributed by atoms with Crippen molar-refractivity contribution in [3.8, 4) is 0 Å². The minimum Gasteiger partial charge on any atom is -0.369 e. The summed E-state index contributed by atoms with van der Waals surface area (Å²) in [5.41, 5.74) is 4.00. The first-order valence-electron chi connectivity index (χ1n) is 6.91. The molecule has 0 unspecified atom stereocenters. The number of halogens is 1. The van der Waals surface area contributed by atoms with Crippen molar-refractivity contribution in [2.75, 3.05) is 17.2 Å². The zero-order valence-corrected chi connectivity index (χ0v) is 13.0. The van der Waals surface area contributed by atoms with Crippen LogP contribution in [0.2, 0.25) is 0 Å². The molecule has 3 rings (SSSR count). The molecule has 0 atom stereocenters. The van der Waals surface area contributed by atoms with Crippen LogP contribution in [0.3, 0.4) is 0 Å². The summed E-state index contributed by atoms with van der Waals surface area (Å²) in [7, 11) is 0. The zero-order valence-electron chi connectivity index (χ0n) is 11.4. The Balaban J connectivity index is 1.86. The van der Waals surface area contributed by atoms with E-state index >= 15 is 0 Å². The van der Waals surface area contributed by atoms with Crippen molar-refractivity contribution < 1.29 is 0 Å². The van der Waals surface area contributed by atoms with Crippen LogP contribution in [0.1, 0.15) is 24.5 Å². The Morgan fingerprint density at radius 3 is 2.80 bits per heavy atom. The highest BCUT2D eigenvalue weighted by Crippen LogP contribution is 2.31. The molecule has 0 aliphatic heterocycles. The maximum atomic E-state index is 4.30. The van der Waals surface area contributed by atoms with Gasteiger partial charge in [0.1, 0.15) is 22.4 Å². The minimum absolute atomic E-state index is 0.786. The van der Waals surface area contributed by atoms with Gasteiger partial charge in [-0.05, 0) is 65.4 Å². The van der Waals surface area contributed by atoms with Gasteiger partial charge in [-0.3, -0.25) is 0 Å². The van der Waals surface area contributed by atoms with Crippen LogP contribution in [0.5, 0.6) is 0 Å². The smallest absolute Gasteiger partial charge is 0.150 e. The largest absolute Gasteiger partial charge is 0.369 e. The first kappa shape index (κ1) is 13.4. The van der Waals surface area contributed by atoms with Gasteiger partial charge in [-0.1, -0.05) is 6.07 Å². The van der Waals surface area contributed by atoms with Gasteiger partial charge in [0.25, 0.3) is 0 Å². The third kappa shape index (κ3) is 2.63. The van der Waals surface area contributed by atoms with Crippen molar-refractivity contribution in [3.63, 3.8) is 0 Å². The average Bonchev–Trinajstić information content (AvgIpc) is 2.91. The highest BCUT2D eigenvalue weighted by Gasteiger charge is 2.12. The maximum Gasteiger partial charge on any atom is 0.150 e. The molecule has 2 N–H and O–H groups in total. The molecule has 1 aromatic heterocycles. The predicted octanol–water partition coefficient (Wildman–Crippen LogP) is 3.90. The predicted molar refractivity (Wildman–Crippen MR) is 85.6 cm³/mol. The normalized spacial score (nSPS) is 13.1. The summed E-state index contributed by atoms with van der Waals surface area (Å²) in [6, 6.07) is 6.56. The number of benzene rings is 1. The van der Waals surface area contributed by atoms with E-state index in [0.29, 0.717) is 0 Å². The Morgan fingerprint density at radius 1 is 1.15 bits per heavy atom. The topological polar surface area (TPSA) is 49.8 Å². The number of aromatic nitrogens is 2. The fourth-order valence-electron chi connectivity index (χ4n) is 2.53. The van der Waals surface area contributed by atoms with Crippen LogP contribution in [0.15, 0.2) is 29.0 Å². The van der Waals surface area contributed by atoms with Crippen LogP contribution in [0, 0.1) is 0 Å². The molecule has 0 amide bonds. The maximum absolute atomic E-state index is 4.30. The minimum atomic E-state index is 0.786. The van der Waals surface area contributed by atoms with Gasteiger partial charge in [-0.25, -0.2) is 9.97 Å². The molecule has 5 heteroatoms. The number of fused-ring (bicyclic) bond motifs is 1. The van der Waals surface area contributed by atoms with Crippen molar-refractivity contribution in [3.05, 3.63) is 40.1 Å². The molecule has 0 fully saturated rings. The molecule has 2 aromatic rings. The highest BCUT2D eigenvalue weighted by molar-refractivity contribution is 9.10. The van der Waals surface area contributed by atoms with Crippen LogP contribution in [-0.2, 0) is 12.8 Å². The molecule has 104 valence electrons. The van der Waals surface area contributed by atoms with Crippen molar-refractivity contribution >= 4 is 33.3 Å². The molecule has 1 heterocycles. The van der Waals surface area contributed by atoms with Gasteiger partial charge in [0.15, 0.2) is 0 Å². The molecule has 0 saturated heterocycles. The number of rotatable bonds is 4. The van der Waals surface area contributed by atoms with Gasteiger partial charge in [0.05, 0.1) is 0 Å². The van der Waals surface area contributed by atoms with Crippen molar-refractivity contribution in [1.82, 2.24) is 9.97 Å². The molecule has 0 bridgehead atoms. The van der Waals surface area contributed by atoms with E-state index in [-0.39, 0.29) is 0 Å². The Morgan fingerprint density at radius 2 is 1.95 bits per heavy atom. The summed E-state index contributed by atoms with van der Waals surface area (Å²) in [6.07, 6.45) is 5.22. The molecule has 1 aliphatic rings. The molecule has 0 saturated carbocycles. The highest BCUT2D eigenvalue weighted by atomic mass is 79.9. The number of hydrogen-bond donors (Lipinski definition) is 2. The van der Waals surface area contributed by atoms with E-state index in [1.807, 2.05) is 6.92 Å². The lowest BCUT2D eigenvalue weighted by atomic mass is 10.1. The number of nitrogens with zero attached hydrogens (tertiary/aromatic N) is 2. The van der Waals surface area contributed by atoms with Crippen LogP contribution in [0.4, 0.5) is 17.3 Å². The quantitative estimate of drug-likeness (QED) is 0.891. The van der Waals surface area contributed by atoms with Crippen molar-refractivity contribution in [2.24, 2.45) is 0 Å². The van der Waals surface area contributed by atoms with E-state index in [1.54, 1.807) is 6.33 Å². The van der Waals surface area contributed by atoms with E-state index in [4.69, 9.17) is 0 Å². The van der Waals surface area contributed by atoms with E-state index < -0.39 is 0 Å². The second-order valence-corrected chi connectivity index (χ2v) is 5.67. The zero-order chi connectivity index (χ0) is 13.9. The summed E-state index contributed by atoms with van der Waals surface area (Å²) < 4.78 is 0.863. The van der Waals surface area contributed by atoms with Crippen LogP contribution >= 0.6 is 15.9 Å². The number of nitrogens with one attached hydrogen (secondary N) is 2. The number of aryl methyl sites for hydroxylation is 2.